The first-order valence-electron chi connectivity index (χ1n) is 14.2. The topological polar surface area (TPSA) is 102 Å². The molecule has 4 aromatic heterocycles. The highest BCUT2D eigenvalue weighted by molar-refractivity contribution is 7.20. The predicted octanol–water partition coefficient (Wildman–Crippen LogP) is 5.82. The molecule has 1 saturated heterocycles. The van der Waals surface area contributed by atoms with Gasteiger partial charge in [-0.25, -0.2) is 27.9 Å². The van der Waals surface area contributed by atoms with Crippen LogP contribution in [-0.2, 0) is 26.2 Å². The maximum atomic E-state index is 15.0. The highest BCUT2D eigenvalue weighted by Crippen LogP contribution is 2.30. The van der Waals surface area contributed by atoms with Gasteiger partial charge in [0, 0.05) is 55.1 Å². The minimum Gasteiger partial charge on any atom is -0.477 e. The standard InChI is InChI=1S/C30H29ClF3N7O3S/c1-3-38-16-35-11-20(38)13-41-24-10-25(30(42)43)45-29(24)36-26(41)14-39-6-7-40(12-17(39)2)27-22(33)9-23(34)28(37-27)44-15-18-4-5-19(31)8-21(18)32/h4-5,8-11,16-17H,3,6-7,12-15H2,1-2H3,(H,42,43). The Morgan fingerprint density at radius 1 is 1.11 bits per heavy atom. The molecule has 236 valence electrons. The van der Waals surface area contributed by atoms with E-state index >= 15 is 0 Å². The molecule has 15 heteroatoms. The van der Waals surface area contributed by atoms with Gasteiger partial charge in [0.05, 0.1) is 30.6 Å². The third-order valence-corrected chi connectivity index (χ3v) is 9.11. The first-order valence-corrected chi connectivity index (χ1v) is 15.4. The number of pyridine rings is 1. The van der Waals surface area contributed by atoms with Gasteiger partial charge < -0.3 is 23.9 Å². The molecule has 0 saturated carbocycles. The molecule has 1 atom stereocenters. The molecule has 10 nitrogen and oxygen atoms in total. The molecule has 1 unspecified atom stereocenters. The third kappa shape index (κ3) is 6.35. The van der Waals surface area contributed by atoms with E-state index in [1.165, 1.54) is 12.1 Å². The lowest BCUT2D eigenvalue weighted by Crippen LogP contribution is -2.52. The number of carboxylic acid groups (broad SMARTS) is 1. The van der Waals surface area contributed by atoms with E-state index in [1.807, 2.05) is 23.0 Å². The molecule has 0 amide bonds. The summed E-state index contributed by atoms with van der Waals surface area (Å²) in [7, 11) is 0. The Kier molecular flexibility index (Phi) is 8.71. The van der Waals surface area contributed by atoms with E-state index in [9.17, 15) is 23.1 Å². The summed E-state index contributed by atoms with van der Waals surface area (Å²) in [4.78, 5) is 29.7. The number of hydrogen-bond acceptors (Lipinski definition) is 8. The SMILES string of the molecule is CCn1cncc1Cn1c(CN2CCN(c3nc(OCc4ccc(Cl)cc4F)c(F)cc3F)CC2C)nc2sc(C(=O)O)cc21. The fourth-order valence-electron chi connectivity index (χ4n) is 5.44. The molecule has 0 bridgehead atoms. The monoisotopic (exact) mass is 659 g/mol. The van der Waals surface area contributed by atoms with Crippen molar-refractivity contribution in [3.05, 3.63) is 87.3 Å². The molecule has 1 aliphatic rings. The minimum atomic E-state index is -0.998. The number of piperazine rings is 1. The van der Waals surface area contributed by atoms with Crippen LogP contribution in [0.15, 0.2) is 42.9 Å². The van der Waals surface area contributed by atoms with Gasteiger partial charge >= 0.3 is 5.97 Å². The van der Waals surface area contributed by atoms with Crippen molar-refractivity contribution in [2.45, 2.75) is 46.1 Å². The Morgan fingerprint density at radius 2 is 1.93 bits per heavy atom. The van der Waals surface area contributed by atoms with Gasteiger partial charge in [0.15, 0.2) is 17.5 Å². The zero-order valence-corrected chi connectivity index (χ0v) is 26.0. The number of thiophene rings is 1. The molecular formula is C30H29ClF3N7O3S. The van der Waals surface area contributed by atoms with E-state index < -0.39 is 29.3 Å². The number of aromatic carboxylic acids is 1. The van der Waals surface area contributed by atoms with E-state index in [1.54, 1.807) is 23.5 Å². The van der Waals surface area contributed by atoms with E-state index in [0.717, 1.165) is 47.0 Å². The fourth-order valence-corrected chi connectivity index (χ4v) is 6.49. The molecule has 1 aliphatic heterocycles. The second kappa shape index (κ2) is 12.7. The number of carboxylic acids is 1. The van der Waals surface area contributed by atoms with Gasteiger partial charge in [-0.1, -0.05) is 17.7 Å². The smallest absolute Gasteiger partial charge is 0.346 e. The quantitative estimate of drug-likeness (QED) is 0.200. The van der Waals surface area contributed by atoms with Gasteiger partial charge in [-0.2, -0.15) is 4.98 Å². The Hall–Kier alpha value is -4.14. The number of aromatic nitrogens is 5. The minimum absolute atomic E-state index is 0.0504. The summed E-state index contributed by atoms with van der Waals surface area (Å²) in [5.74, 6) is -3.12. The van der Waals surface area contributed by atoms with Crippen molar-refractivity contribution in [1.29, 1.82) is 0 Å². The molecule has 0 radical (unpaired) electrons. The van der Waals surface area contributed by atoms with Gasteiger partial charge in [-0.3, -0.25) is 4.90 Å². The molecule has 0 spiro atoms. The predicted molar refractivity (Wildman–Crippen MR) is 164 cm³/mol. The number of imidazole rings is 2. The van der Waals surface area contributed by atoms with Crippen molar-refractivity contribution in [3.63, 3.8) is 0 Å². The molecule has 1 N–H and O–H groups in total. The van der Waals surface area contributed by atoms with Gasteiger partial charge in [-0.15, -0.1) is 11.3 Å². The Morgan fingerprint density at radius 3 is 2.67 bits per heavy atom. The number of carbonyl (C=O) groups is 1. The van der Waals surface area contributed by atoms with Gasteiger partial charge in [-0.05, 0) is 32.0 Å². The van der Waals surface area contributed by atoms with E-state index in [2.05, 4.69) is 14.9 Å². The maximum absolute atomic E-state index is 15.0. The van der Waals surface area contributed by atoms with E-state index in [-0.39, 0.29) is 33.9 Å². The lowest BCUT2D eigenvalue weighted by atomic mass is 10.2. The first kappa shape index (κ1) is 30.9. The van der Waals surface area contributed by atoms with Crippen LogP contribution in [0.25, 0.3) is 10.3 Å². The van der Waals surface area contributed by atoms with Crippen LogP contribution in [0.1, 0.15) is 40.6 Å². The summed E-state index contributed by atoms with van der Waals surface area (Å²) < 4.78 is 53.2. The maximum Gasteiger partial charge on any atom is 0.346 e. The Balaban J connectivity index is 1.19. The number of anilines is 1. The molecular weight excluding hydrogens is 631 g/mol. The fraction of sp³-hybridized carbons (Fsp3) is 0.333. The highest BCUT2D eigenvalue weighted by atomic mass is 35.5. The van der Waals surface area contributed by atoms with Crippen molar-refractivity contribution in [1.82, 2.24) is 29.0 Å². The second-order valence-corrected chi connectivity index (χ2v) is 12.2. The summed E-state index contributed by atoms with van der Waals surface area (Å²) in [5, 5.41) is 9.76. The zero-order chi connectivity index (χ0) is 31.8. The lowest BCUT2D eigenvalue weighted by Gasteiger charge is -2.40. The number of hydrogen-bond donors (Lipinski definition) is 1. The number of fused-ring (bicyclic) bond motifs is 1. The van der Waals surface area contributed by atoms with Crippen molar-refractivity contribution >= 4 is 45.1 Å². The summed E-state index contributed by atoms with van der Waals surface area (Å²) in [6.45, 7) is 6.71. The molecule has 0 aliphatic carbocycles. The van der Waals surface area contributed by atoms with Crippen LogP contribution in [-0.4, -0.2) is 65.7 Å². The van der Waals surface area contributed by atoms with Gasteiger partial charge in [0.2, 0.25) is 0 Å². The summed E-state index contributed by atoms with van der Waals surface area (Å²) >= 11 is 6.93. The largest absolute Gasteiger partial charge is 0.477 e. The van der Waals surface area contributed by atoms with Crippen LogP contribution in [0.4, 0.5) is 19.0 Å². The van der Waals surface area contributed by atoms with Crippen LogP contribution in [0.5, 0.6) is 5.88 Å². The van der Waals surface area contributed by atoms with E-state index in [4.69, 9.17) is 21.3 Å². The molecule has 1 fully saturated rings. The van der Waals surface area contributed by atoms with Crippen molar-refractivity contribution < 1.29 is 27.8 Å². The Bertz CT molecular complexity index is 1880. The summed E-state index contributed by atoms with van der Waals surface area (Å²) in [5.41, 5.74) is 1.87. The molecule has 6 rings (SSSR count). The highest BCUT2D eigenvalue weighted by Gasteiger charge is 2.29. The molecule has 5 heterocycles. The van der Waals surface area contributed by atoms with Crippen molar-refractivity contribution in [2.75, 3.05) is 24.5 Å². The van der Waals surface area contributed by atoms with Crippen LogP contribution in [0.2, 0.25) is 5.02 Å². The lowest BCUT2D eigenvalue weighted by molar-refractivity contribution is 0.0702. The first-order chi connectivity index (χ1) is 21.6. The molecule has 5 aromatic rings. The number of aryl methyl sites for hydroxylation is 1. The van der Waals surface area contributed by atoms with Crippen LogP contribution >= 0.6 is 22.9 Å². The number of nitrogens with zero attached hydrogens (tertiary/aromatic N) is 7. The summed E-state index contributed by atoms with van der Waals surface area (Å²) in [6, 6.07) is 6.35. The average molecular weight is 660 g/mol. The normalized spacial score (nSPS) is 15.7. The van der Waals surface area contributed by atoms with Crippen molar-refractivity contribution in [2.24, 2.45) is 0 Å². The molecule has 1 aromatic carbocycles. The number of ether oxygens (including phenoxy) is 1. The third-order valence-electron chi connectivity index (χ3n) is 7.86. The zero-order valence-electron chi connectivity index (χ0n) is 24.4. The van der Waals surface area contributed by atoms with Gasteiger partial charge in [0.25, 0.3) is 5.88 Å². The van der Waals surface area contributed by atoms with E-state index in [0.29, 0.717) is 37.6 Å². The molecule has 45 heavy (non-hydrogen) atoms. The van der Waals surface area contributed by atoms with Crippen LogP contribution in [0.3, 0.4) is 0 Å². The van der Waals surface area contributed by atoms with Gasteiger partial charge in [0.1, 0.15) is 28.0 Å². The number of halogens is 4. The number of rotatable bonds is 10. The average Bonchev–Trinajstić information content (AvgIpc) is 3.70. The van der Waals surface area contributed by atoms with Crippen LogP contribution < -0.4 is 9.64 Å². The number of benzene rings is 1. The van der Waals surface area contributed by atoms with Crippen molar-refractivity contribution in [3.8, 4) is 5.88 Å². The summed E-state index contributed by atoms with van der Waals surface area (Å²) in [6.07, 6.45) is 3.55. The Labute approximate surface area is 265 Å². The van der Waals surface area contributed by atoms with Crippen LogP contribution in [0, 0.1) is 17.5 Å². The second-order valence-electron chi connectivity index (χ2n) is 10.8.